The van der Waals surface area contributed by atoms with Gasteiger partial charge < -0.3 is 20.5 Å². The van der Waals surface area contributed by atoms with Crippen LogP contribution in [0.1, 0.15) is 38.2 Å². The maximum atomic E-state index is 9.58. The summed E-state index contributed by atoms with van der Waals surface area (Å²) in [5, 5.41) is 16.7. The smallest absolute Gasteiger partial charge is 0.143 e. The average molecular weight is 355 g/mol. The van der Waals surface area contributed by atoms with E-state index in [1.165, 1.54) is 5.56 Å². The van der Waals surface area contributed by atoms with E-state index >= 15 is 0 Å². The quantitative estimate of drug-likeness (QED) is 0.780. The molecule has 21 heavy (non-hydrogen) atoms. The number of ether oxygens (including phenoxy) is 1. The van der Waals surface area contributed by atoms with Crippen LogP contribution in [0.3, 0.4) is 0 Å². The fourth-order valence-electron chi connectivity index (χ4n) is 3.09. The van der Waals surface area contributed by atoms with Gasteiger partial charge in [-0.3, -0.25) is 0 Å². The highest BCUT2D eigenvalue weighted by atomic mass is 79.9. The Morgan fingerprint density at radius 2 is 2.10 bits per heavy atom. The van der Waals surface area contributed by atoms with Gasteiger partial charge >= 0.3 is 0 Å². The Hall–Kier alpha value is -0.780. The third kappa shape index (κ3) is 3.71. The van der Waals surface area contributed by atoms with Crippen LogP contribution in [0.5, 0.6) is 5.75 Å². The Morgan fingerprint density at radius 3 is 2.86 bits per heavy atom. The summed E-state index contributed by atoms with van der Waals surface area (Å²) in [5.41, 5.74) is 2.34. The lowest BCUT2D eigenvalue weighted by molar-refractivity contribution is 0.116. The summed E-state index contributed by atoms with van der Waals surface area (Å²) in [6, 6.07) is 5.01. The summed E-state index contributed by atoms with van der Waals surface area (Å²) in [6.07, 6.45) is 3.83. The molecule has 1 aromatic rings. The van der Waals surface area contributed by atoms with Crippen molar-refractivity contribution in [2.24, 2.45) is 0 Å². The van der Waals surface area contributed by atoms with Gasteiger partial charge in [0.05, 0.1) is 17.8 Å². The molecule has 0 spiro atoms. The normalized spacial score (nSPS) is 28.4. The van der Waals surface area contributed by atoms with Crippen molar-refractivity contribution in [3.05, 3.63) is 22.2 Å². The molecule has 1 fully saturated rings. The van der Waals surface area contributed by atoms with Crippen LogP contribution in [0.15, 0.2) is 16.6 Å². The number of rotatable bonds is 3. The van der Waals surface area contributed by atoms with E-state index in [9.17, 15) is 5.11 Å². The monoisotopic (exact) mass is 354 g/mol. The second-order valence-electron chi connectivity index (χ2n) is 6.18. The minimum Gasteiger partial charge on any atom is -0.489 e. The van der Waals surface area contributed by atoms with Crippen LogP contribution in [-0.4, -0.2) is 29.9 Å². The minimum absolute atomic E-state index is 0.0994. The Bertz CT molecular complexity index is 501. The van der Waals surface area contributed by atoms with Crippen LogP contribution < -0.4 is 15.4 Å². The number of hydrogen-bond acceptors (Lipinski definition) is 4. The molecule has 0 radical (unpaired) electrons. The Labute approximate surface area is 134 Å². The summed E-state index contributed by atoms with van der Waals surface area (Å²) in [7, 11) is 0. The van der Waals surface area contributed by atoms with E-state index < -0.39 is 0 Å². The minimum atomic E-state index is -0.0994. The van der Waals surface area contributed by atoms with Crippen LogP contribution in [0.25, 0.3) is 0 Å². The molecule has 3 N–H and O–H groups in total. The van der Waals surface area contributed by atoms with Crippen molar-refractivity contribution in [3.63, 3.8) is 0 Å². The molecule has 116 valence electrons. The second-order valence-corrected chi connectivity index (χ2v) is 7.10. The molecular weight excluding hydrogens is 332 g/mol. The van der Waals surface area contributed by atoms with Crippen molar-refractivity contribution in [3.8, 4) is 5.75 Å². The van der Waals surface area contributed by atoms with Gasteiger partial charge in [0.1, 0.15) is 12.4 Å². The average Bonchev–Trinajstić information content (AvgIpc) is 2.47. The van der Waals surface area contributed by atoms with Crippen molar-refractivity contribution in [1.29, 1.82) is 0 Å². The largest absolute Gasteiger partial charge is 0.489 e. The number of aliphatic hydroxyl groups is 1. The predicted octanol–water partition coefficient (Wildman–Crippen LogP) is 3.04. The highest BCUT2D eigenvalue weighted by molar-refractivity contribution is 9.10. The predicted molar refractivity (Wildman–Crippen MR) is 87.8 cm³/mol. The standard InChI is InChI=1S/C16H23BrN2O2/c1-10-9-21-15-7-12(17)6-11(16(15)19-10)8-18-13-2-4-14(20)5-3-13/h6-7,10,13-14,18-20H,2-5,8-9H2,1H3. The summed E-state index contributed by atoms with van der Waals surface area (Å²) in [4.78, 5) is 0. The maximum Gasteiger partial charge on any atom is 0.143 e. The summed E-state index contributed by atoms with van der Waals surface area (Å²) in [5.74, 6) is 0.929. The zero-order valence-corrected chi connectivity index (χ0v) is 13.9. The van der Waals surface area contributed by atoms with Crippen molar-refractivity contribution < 1.29 is 9.84 Å². The number of anilines is 1. The molecule has 3 rings (SSSR count). The molecule has 1 atom stereocenters. The first-order valence-electron chi connectivity index (χ1n) is 7.75. The topological polar surface area (TPSA) is 53.5 Å². The molecule has 5 heteroatoms. The third-order valence-corrected chi connectivity index (χ3v) is 4.76. The van der Waals surface area contributed by atoms with Gasteiger partial charge in [-0.2, -0.15) is 0 Å². The lowest BCUT2D eigenvalue weighted by Crippen LogP contribution is -2.35. The first-order valence-corrected chi connectivity index (χ1v) is 8.54. The molecule has 1 saturated carbocycles. The fourth-order valence-corrected chi connectivity index (χ4v) is 3.57. The van der Waals surface area contributed by atoms with Gasteiger partial charge in [-0.05, 0) is 50.3 Å². The highest BCUT2D eigenvalue weighted by Crippen LogP contribution is 2.36. The van der Waals surface area contributed by atoms with Gasteiger partial charge in [0, 0.05) is 17.1 Å². The number of nitrogens with one attached hydrogen (secondary N) is 2. The van der Waals surface area contributed by atoms with Crippen LogP contribution in [0, 0.1) is 0 Å². The number of halogens is 1. The van der Waals surface area contributed by atoms with Crippen LogP contribution >= 0.6 is 15.9 Å². The summed E-state index contributed by atoms with van der Waals surface area (Å²) in [6.45, 7) is 3.66. The molecule has 0 aromatic heterocycles. The Kier molecular flexibility index (Phi) is 4.72. The first kappa shape index (κ1) is 15.1. The van der Waals surface area contributed by atoms with Crippen molar-refractivity contribution >= 4 is 21.6 Å². The molecule has 1 heterocycles. The van der Waals surface area contributed by atoms with Gasteiger partial charge in [0.25, 0.3) is 0 Å². The highest BCUT2D eigenvalue weighted by Gasteiger charge is 2.22. The molecular formula is C16H23BrN2O2. The van der Waals surface area contributed by atoms with Crippen molar-refractivity contribution in [1.82, 2.24) is 5.32 Å². The molecule has 1 aliphatic heterocycles. The van der Waals surface area contributed by atoms with Gasteiger partial charge in [-0.15, -0.1) is 0 Å². The molecule has 4 nitrogen and oxygen atoms in total. The number of fused-ring (bicyclic) bond motifs is 1. The lowest BCUT2D eigenvalue weighted by Gasteiger charge is -2.29. The van der Waals surface area contributed by atoms with Crippen LogP contribution in [0.4, 0.5) is 5.69 Å². The van der Waals surface area contributed by atoms with Crippen LogP contribution in [0.2, 0.25) is 0 Å². The van der Waals surface area contributed by atoms with E-state index in [4.69, 9.17) is 4.74 Å². The SMILES string of the molecule is CC1COc2cc(Br)cc(CNC3CCC(O)CC3)c2N1. The molecule has 0 amide bonds. The number of hydrogen-bond donors (Lipinski definition) is 3. The molecule has 1 aliphatic carbocycles. The zero-order chi connectivity index (χ0) is 14.8. The van der Waals surface area contributed by atoms with E-state index in [0.29, 0.717) is 18.7 Å². The van der Waals surface area contributed by atoms with Crippen molar-refractivity contribution in [2.45, 2.75) is 57.3 Å². The van der Waals surface area contributed by atoms with E-state index in [0.717, 1.165) is 48.1 Å². The van der Waals surface area contributed by atoms with Gasteiger partial charge in [-0.25, -0.2) is 0 Å². The van der Waals surface area contributed by atoms with E-state index in [-0.39, 0.29) is 6.10 Å². The summed E-state index contributed by atoms with van der Waals surface area (Å²) < 4.78 is 6.86. The zero-order valence-electron chi connectivity index (χ0n) is 12.4. The molecule has 1 aromatic carbocycles. The molecule has 1 unspecified atom stereocenters. The van der Waals surface area contributed by atoms with Gasteiger partial charge in [-0.1, -0.05) is 15.9 Å². The Morgan fingerprint density at radius 1 is 1.33 bits per heavy atom. The number of aliphatic hydroxyl groups excluding tert-OH is 1. The molecule has 2 aliphatic rings. The second kappa shape index (κ2) is 6.55. The van der Waals surface area contributed by atoms with Gasteiger partial charge in [0.2, 0.25) is 0 Å². The fraction of sp³-hybridized carbons (Fsp3) is 0.625. The maximum absolute atomic E-state index is 9.58. The Balaban J connectivity index is 1.69. The van der Waals surface area contributed by atoms with E-state index in [1.807, 2.05) is 6.07 Å². The van der Waals surface area contributed by atoms with Crippen molar-refractivity contribution in [2.75, 3.05) is 11.9 Å². The molecule has 0 bridgehead atoms. The van der Waals surface area contributed by atoms with E-state index in [1.54, 1.807) is 0 Å². The summed E-state index contributed by atoms with van der Waals surface area (Å²) >= 11 is 3.56. The first-order chi connectivity index (χ1) is 10.1. The van der Waals surface area contributed by atoms with Gasteiger partial charge in [0.15, 0.2) is 0 Å². The third-order valence-electron chi connectivity index (χ3n) is 4.31. The lowest BCUT2D eigenvalue weighted by atomic mass is 9.93. The molecule has 0 saturated heterocycles. The number of benzene rings is 1. The van der Waals surface area contributed by atoms with Crippen LogP contribution in [-0.2, 0) is 6.54 Å². The van der Waals surface area contributed by atoms with E-state index in [2.05, 4.69) is 39.6 Å².